The van der Waals surface area contributed by atoms with Crippen LogP contribution in [0.25, 0.3) is 0 Å². The van der Waals surface area contributed by atoms with E-state index >= 15 is 0 Å². The maximum Gasteiger partial charge on any atom is 0.573 e. The van der Waals surface area contributed by atoms with Crippen molar-refractivity contribution >= 4 is 5.90 Å². The predicted octanol–water partition coefficient (Wildman–Crippen LogP) is 5.36. The summed E-state index contributed by atoms with van der Waals surface area (Å²) in [6, 6.07) is 6.72. The summed E-state index contributed by atoms with van der Waals surface area (Å²) in [4.78, 5) is 4.01. The first-order valence-corrected chi connectivity index (χ1v) is 8.58. The standard InChI is InChI=1S/C19H14F7NO3/c20-15-3-1-2-14(18(21,22)23)16(15)17-27-11(10-29-17)8-9-28-12-4-6-13(7-5-12)30-19(24,25)26/h1-7,11H,8-10H2. The molecule has 162 valence electrons. The second-order valence-electron chi connectivity index (χ2n) is 6.22. The van der Waals surface area contributed by atoms with Gasteiger partial charge in [0.1, 0.15) is 23.9 Å². The van der Waals surface area contributed by atoms with Crippen molar-refractivity contribution in [3.05, 3.63) is 59.4 Å². The highest BCUT2D eigenvalue weighted by Crippen LogP contribution is 2.34. The molecule has 1 aliphatic heterocycles. The average molecular weight is 437 g/mol. The molecule has 0 radical (unpaired) electrons. The van der Waals surface area contributed by atoms with Crippen LogP contribution in [0.2, 0.25) is 0 Å². The van der Waals surface area contributed by atoms with Gasteiger partial charge in [0, 0.05) is 6.42 Å². The summed E-state index contributed by atoms with van der Waals surface area (Å²) in [5.41, 5.74) is -1.92. The summed E-state index contributed by atoms with van der Waals surface area (Å²) < 4.78 is 104. The number of rotatable bonds is 6. The number of hydrogen-bond donors (Lipinski definition) is 0. The van der Waals surface area contributed by atoms with Gasteiger partial charge in [-0.05, 0) is 36.4 Å². The second-order valence-corrected chi connectivity index (χ2v) is 6.22. The lowest BCUT2D eigenvalue weighted by molar-refractivity contribution is -0.274. The molecule has 0 spiro atoms. The molecule has 1 aliphatic rings. The Morgan fingerprint density at radius 2 is 1.63 bits per heavy atom. The molecular formula is C19H14F7NO3. The molecule has 1 heterocycles. The lowest BCUT2D eigenvalue weighted by atomic mass is 10.1. The Labute approximate surface area is 165 Å². The van der Waals surface area contributed by atoms with Crippen LogP contribution in [0.5, 0.6) is 11.5 Å². The molecule has 30 heavy (non-hydrogen) atoms. The number of benzene rings is 2. The third kappa shape index (κ3) is 5.55. The smallest absolute Gasteiger partial charge is 0.494 e. The van der Waals surface area contributed by atoms with E-state index in [1.807, 2.05) is 0 Å². The molecular weight excluding hydrogens is 423 g/mol. The van der Waals surface area contributed by atoms with Crippen LogP contribution in [-0.2, 0) is 10.9 Å². The summed E-state index contributed by atoms with van der Waals surface area (Å²) in [6.45, 7) is 0.0103. The van der Waals surface area contributed by atoms with Crippen LogP contribution < -0.4 is 9.47 Å². The van der Waals surface area contributed by atoms with Crippen LogP contribution in [-0.4, -0.2) is 31.5 Å². The lowest BCUT2D eigenvalue weighted by Crippen LogP contribution is -2.17. The van der Waals surface area contributed by atoms with Gasteiger partial charge in [0.05, 0.1) is 23.8 Å². The van der Waals surface area contributed by atoms with Crippen molar-refractivity contribution in [1.29, 1.82) is 0 Å². The maximum absolute atomic E-state index is 14.0. The zero-order valence-corrected chi connectivity index (χ0v) is 15.1. The van der Waals surface area contributed by atoms with Gasteiger partial charge in [0.2, 0.25) is 5.90 Å². The van der Waals surface area contributed by atoms with E-state index in [2.05, 4.69) is 9.73 Å². The van der Waals surface area contributed by atoms with Gasteiger partial charge in [-0.3, -0.25) is 0 Å². The van der Waals surface area contributed by atoms with Crippen LogP contribution in [0.3, 0.4) is 0 Å². The van der Waals surface area contributed by atoms with Crippen molar-refractivity contribution in [3.63, 3.8) is 0 Å². The van der Waals surface area contributed by atoms with Gasteiger partial charge >= 0.3 is 12.5 Å². The highest BCUT2D eigenvalue weighted by atomic mass is 19.4. The van der Waals surface area contributed by atoms with E-state index in [0.29, 0.717) is 0 Å². The van der Waals surface area contributed by atoms with Gasteiger partial charge in [-0.15, -0.1) is 13.2 Å². The van der Waals surface area contributed by atoms with E-state index in [4.69, 9.17) is 9.47 Å². The van der Waals surface area contributed by atoms with Gasteiger partial charge < -0.3 is 14.2 Å². The molecule has 0 saturated carbocycles. The summed E-state index contributed by atoms with van der Waals surface area (Å²) in [5, 5.41) is 0. The number of nitrogens with zero attached hydrogens (tertiary/aromatic N) is 1. The van der Waals surface area contributed by atoms with E-state index in [1.54, 1.807) is 0 Å². The van der Waals surface area contributed by atoms with Crippen molar-refractivity contribution in [2.75, 3.05) is 13.2 Å². The number of hydrogen-bond acceptors (Lipinski definition) is 4. The highest BCUT2D eigenvalue weighted by Gasteiger charge is 2.38. The molecule has 1 atom stereocenters. The molecule has 1 unspecified atom stereocenters. The molecule has 0 bridgehead atoms. The first kappa shape index (κ1) is 21.7. The van der Waals surface area contributed by atoms with E-state index in [-0.39, 0.29) is 25.4 Å². The van der Waals surface area contributed by atoms with Crippen molar-refractivity contribution in [1.82, 2.24) is 0 Å². The van der Waals surface area contributed by atoms with E-state index in [0.717, 1.165) is 30.3 Å². The molecule has 0 aliphatic carbocycles. The van der Waals surface area contributed by atoms with Gasteiger partial charge in [-0.25, -0.2) is 9.38 Å². The van der Waals surface area contributed by atoms with Crippen molar-refractivity contribution in [2.45, 2.75) is 25.0 Å². The second kappa shape index (κ2) is 8.41. The molecule has 4 nitrogen and oxygen atoms in total. The summed E-state index contributed by atoms with van der Waals surface area (Å²) >= 11 is 0. The number of aliphatic imine (C=N–C) groups is 1. The fourth-order valence-electron chi connectivity index (χ4n) is 2.73. The first-order chi connectivity index (χ1) is 14.0. The van der Waals surface area contributed by atoms with Gasteiger partial charge in [0.25, 0.3) is 0 Å². The van der Waals surface area contributed by atoms with Crippen LogP contribution >= 0.6 is 0 Å². The highest BCUT2D eigenvalue weighted by molar-refractivity contribution is 5.97. The number of alkyl halides is 6. The zero-order valence-electron chi connectivity index (χ0n) is 15.1. The predicted molar refractivity (Wildman–Crippen MR) is 90.9 cm³/mol. The maximum atomic E-state index is 14.0. The molecule has 0 N–H and O–H groups in total. The minimum absolute atomic E-state index is 0.0529. The molecule has 11 heteroatoms. The van der Waals surface area contributed by atoms with E-state index < -0.39 is 47.2 Å². The van der Waals surface area contributed by atoms with Crippen LogP contribution in [0, 0.1) is 5.82 Å². The Balaban J connectivity index is 1.59. The Morgan fingerprint density at radius 1 is 0.967 bits per heavy atom. The summed E-state index contributed by atoms with van der Waals surface area (Å²) in [7, 11) is 0. The molecule has 0 amide bonds. The Hall–Kier alpha value is -2.98. The normalized spacial score (nSPS) is 16.8. The molecule has 3 rings (SSSR count). The topological polar surface area (TPSA) is 40.0 Å². The van der Waals surface area contributed by atoms with Gasteiger partial charge in [0.15, 0.2) is 0 Å². The lowest BCUT2D eigenvalue weighted by Gasteiger charge is -2.12. The summed E-state index contributed by atoms with van der Waals surface area (Å²) in [6.07, 6.45) is -9.34. The molecule has 0 saturated heterocycles. The van der Waals surface area contributed by atoms with Crippen LogP contribution in [0.1, 0.15) is 17.5 Å². The minimum atomic E-state index is -4.80. The van der Waals surface area contributed by atoms with Gasteiger partial charge in [-0.2, -0.15) is 13.2 Å². The third-order valence-corrected chi connectivity index (χ3v) is 4.02. The fraction of sp³-hybridized carbons (Fsp3) is 0.316. The zero-order chi connectivity index (χ0) is 21.9. The number of ether oxygens (including phenoxy) is 3. The van der Waals surface area contributed by atoms with Crippen molar-refractivity contribution in [2.24, 2.45) is 4.99 Å². The first-order valence-electron chi connectivity index (χ1n) is 8.58. The minimum Gasteiger partial charge on any atom is -0.494 e. The Morgan fingerprint density at radius 3 is 2.27 bits per heavy atom. The largest absolute Gasteiger partial charge is 0.573 e. The molecule has 2 aromatic carbocycles. The quantitative estimate of drug-likeness (QED) is 0.572. The Kier molecular flexibility index (Phi) is 6.09. The number of halogens is 7. The Bertz CT molecular complexity index is 908. The van der Waals surface area contributed by atoms with Gasteiger partial charge in [-0.1, -0.05) is 6.07 Å². The SMILES string of the molecule is Fc1cccc(C(F)(F)F)c1C1=NC(CCOc2ccc(OC(F)(F)F)cc2)CO1. The van der Waals surface area contributed by atoms with Crippen molar-refractivity contribution < 1.29 is 44.9 Å². The van der Waals surface area contributed by atoms with Crippen LogP contribution in [0.4, 0.5) is 30.7 Å². The third-order valence-electron chi connectivity index (χ3n) is 4.02. The molecule has 2 aromatic rings. The average Bonchev–Trinajstić information content (AvgIpc) is 3.09. The van der Waals surface area contributed by atoms with Crippen molar-refractivity contribution in [3.8, 4) is 11.5 Å². The molecule has 0 fully saturated rings. The fourth-order valence-corrected chi connectivity index (χ4v) is 2.73. The van der Waals surface area contributed by atoms with E-state index in [1.165, 1.54) is 12.1 Å². The summed E-state index contributed by atoms with van der Waals surface area (Å²) in [5.74, 6) is -1.67. The van der Waals surface area contributed by atoms with E-state index in [9.17, 15) is 30.7 Å². The van der Waals surface area contributed by atoms with Crippen LogP contribution in [0.15, 0.2) is 47.5 Å². The monoisotopic (exact) mass is 437 g/mol. The molecule has 0 aromatic heterocycles.